The molecule has 2 aromatic rings. The highest BCUT2D eigenvalue weighted by atomic mass is 16.2. The molecule has 0 aromatic heterocycles. The van der Waals surface area contributed by atoms with E-state index in [2.05, 4.69) is 10.6 Å². The maximum absolute atomic E-state index is 12.1. The molecular formula is C25H32N4O3. The van der Waals surface area contributed by atoms with Crippen LogP contribution in [0, 0.1) is 5.41 Å². The van der Waals surface area contributed by atoms with E-state index in [-0.39, 0.29) is 23.4 Å². The van der Waals surface area contributed by atoms with E-state index in [1.807, 2.05) is 6.92 Å². The molecule has 7 nitrogen and oxygen atoms in total. The van der Waals surface area contributed by atoms with Gasteiger partial charge in [-0.05, 0) is 37.1 Å². The van der Waals surface area contributed by atoms with Crippen LogP contribution >= 0.6 is 0 Å². The van der Waals surface area contributed by atoms with Gasteiger partial charge in [0.1, 0.15) is 5.84 Å². The standard InChI is InChI=1S/C25H32N4O3/c1-2-22(30)18-8-12-20(13-9-18)24(31)28-16-6-4-3-5-7-17-29-25(32)21-14-10-19(11-15-21)23(26)27/h8-15H,2-7,16-17H2,1H3,(H3,26,27)(H,28,31)(H,29,32). The zero-order chi connectivity index (χ0) is 23.3. The summed E-state index contributed by atoms with van der Waals surface area (Å²) in [6.45, 7) is 3.04. The topological polar surface area (TPSA) is 125 Å². The van der Waals surface area contributed by atoms with Gasteiger partial charge in [-0.15, -0.1) is 0 Å². The molecule has 0 atom stereocenters. The predicted octanol–water partition coefficient (Wildman–Crippen LogP) is 3.67. The van der Waals surface area contributed by atoms with Gasteiger partial charge in [0, 0.05) is 41.8 Å². The Kier molecular flexibility index (Phi) is 10.1. The summed E-state index contributed by atoms with van der Waals surface area (Å²) in [6.07, 6.45) is 5.29. The molecule has 2 amide bonds. The molecule has 0 heterocycles. The number of unbranched alkanes of at least 4 members (excludes halogenated alkanes) is 4. The van der Waals surface area contributed by atoms with Crippen LogP contribution in [0.4, 0.5) is 0 Å². The Balaban J connectivity index is 1.53. The van der Waals surface area contributed by atoms with Crippen molar-refractivity contribution in [3.63, 3.8) is 0 Å². The highest BCUT2D eigenvalue weighted by Crippen LogP contribution is 2.08. The smallest absolute Gasteiger partial charge is 0.251 e. The monoisotopic (exact) mass is 436 g/mol. The highest BCUT2D eigenvalue weighted by molar-refractivity contribution is 5.99. The van der Waals surface area contributed by atoms with Crippen LogP contribution in [0.25, 0.3) is 0 Å². The first-order valence-corrected chi connectivity index (χ1v) is 11.1. The Morgan fingerprint density at radius 3 is 1.47 bits per heavy atom. The summed E-state index contributed by atoms with van der Waals surface area (Å²) in [5.41, 5.74) is 7.75. The molecule has 0 unspecified atom stereocenters. The average Bonchev–Trinajstić information content (AvgIpc) is 2.82. The average molecular weight is 437 g/mol. The van der Waals surface area contributed by atoms with Crippen LogP contribution in [0.5, 0.6) is 0 Å². The molecule has 0 fully saturated rings. The Morgan fingerprint density at radius 1 is 0.688 bits per heavy atom. The second-order valence-corrected chi connectivity index (χ2v) is 7.62. The van der Waals surface area contributed by atoms with Crippen molar-refractivity contribution >= 4 is 23.4 Å². The van der Waals surface area contributed by atoms with E-state index in [1.54, 1.807) is 48.5 Å². The molecule has 0 saturated heterocycles. The van der Waals surface area contributed by atoms with Crippen molar-refractivity contribution in [2.75, 3.05) is 13.1 Å². The first-order chi connectivity index (χ1) is 15.4. The van der Waals surface area contributed by atoms with Crippen LogP contribution in [-0.2, 0) is 0 Å². The summed E-state index contributed by atoms with van der Waals surface area (Å²) in [5.74, 6) is -0.204. The lowest BCUT2D eigenvalue weighted by Crippen LogP contribution is -2.25. The van der Waals surface area contributed by atoms with Crippen molar-refractivity contribution in [2.45, 2.75) is 45.4 Å². The SMILES string of the molecule is CCC(=O)c1ccc(C(=O)NCCCCCCCNC(=O)c2ccc(C(=N)N)cc2)cc1. The van der Waals surface area contributed by atoms with Crippen molar-refractivity contribution in [3.8, 4) is 0 Å². The van der Waals surface area contributed by atoms with Crippen LogP contribution in [-0.4, -0.2) is 36.5 Å². The molecule has 32 heavy (non-hydrogen) atoms. The fourth-order valence-corrected chi connectivity index (χ4v) is 3.20. The number of rotatable bonds is 13. The third-order valence-corrected chi connectivity index (χ3v) is 5.17. The molecule has 7 heteroatoms. The van der Waals surface area contributed by atoms with E-state index in [9.17, 15) is 14.4 Å². The van der Waals surface area contributed by atoms with Crippen molar-refractivity contribution in [1.29, 1.82) is 5.41 Å². The summed E-state index contributed by atoms with van der Waals surface area (Å²) in [4.78, 5) is 35.9. The van der Waals surface area contributed by atoms with Gasteiger partial charge in [-0.3, -0.25) is 19.8 Å². The van der Waals surface area contributed by atoms with E-state index in [4.69, 9.17) is 11.1 Å². The second-order valence-electron chi connectivity index (χ2n) is 7.62. The minimum atomic E-state index is -0.130. The molecule has 0 bridgehead atoms. The summed E-state index contributed by atoms with van der Waals surface area (Å²) in [5, 5.41) is 13.2. The van der Waals surface area contributed by atoms with Crippen LogP contribution in [0.2, 0.25) is 0 Å². The van der Waals surface area contributed by atoms with Gasteiger partial charge in [-0.2, -0.15) is 0 Å². The van der Waals surface area contributed by atoms with E-state index in [1.165, 1.54) is 0 Å². The minimum Gasteiger partial charge on any atom is -0.384 e. The maximum atomic E-state index is 12.1. The van der Waals surface area contributed by atoms with Crippen LogP contribution in [0.15, 0.2) is 48.5 Å². The van der Waals surface area contributed by atoms with E-state index in [0.717, 1.165) is 32.1 Å². The molecule has 2 aromatic carbocycles. The van der Waals surface area contributed by atoms with Crippen molar-refractivity contribution in [3.05, 3.63) is 70.8 Å². The molecular weight excluding hydrogens is 404 g/mol. The summed E-state index contributed by atoms with van der Waals surface area (Å²) in [6, 6.07) is 13.4. The van der Waals surface area contributed by atoms with Gasteiger partial charge in [0.05, 0.1) is 0 Å². The Morgan fingerprint density at radius 2 is 1.06 bits per heavy atom. The van der Waals surface area contributed by atoms with Crippen LogP contribution in [0.1, 0.15) is 82.1 Å². The zero-order valence-electron chi connectivity index (χ0n) is 18.6. The molecule has 0 aliphatic carbocycles. The summed E-state index contributed by atoms with van der Waals surface area (Å²) in [7, 11) is 0. The van der Waals surface area contributed by atoms with Gasteiger partial charge in [0.25, 0.3) is 11.8 Å². The largest absolute Gasteiger partial charge is 0.384 e. The third-order valence-electron chi connectivity index (χ3n) is 5.17. The van der Waals surface area contributed by atoms with Gasteiger partial charge in [-0.1, -0.05) is 50.5 Å². The predicted molar refractivity (Wildman–Crippen MR) is 126 cm³/mol. The van der Waals surface area contributed by atoms with Crippen LogP contribution < -0.4 is 16.4 Å². The van der Waals surface area contributed by atoms with Gasteiger partial charge in [-0.25, -0.2) is 0 Å². The number of hydrogen-bond donors (Lipinski definition) is 4. The minimum absolute atomic E-state index is 0.0183. The molecule has 0 radical (unpaired) electrons. The van der Waals surface area contributed by atoms with Gasteiger partial charge in [0.2, 0.25) is 0 Å². The number of amidine groups is 1. The number of nitrogen functional groups attached to an aromatic ring is 1. The molecule has 0 saturated carbocycles. The molecule has 170 valence electrons. The van der Waals surface area contributed by atoms with E-state index in [0.29, 0.717) is 41.8 Å². The molecule has 5 N–H and O–H groups in total. The number of benzene rings is 2. The summed E-state index contributed by atoms with van der Waals surface area (Å²) < 4.78 is 0. The first-order valence-electron chi connectivity index (χ1n) is 11.1. The van der Waals surface area contributed by atoms with Gasteiger partial charge >= 0.3 is 0 Å². The van der Waals surface area contributed by atoms with Crippen molar-refractivity contribution in [2.24, 2.45) is 5.73 Å². The van der Waals surface area contributed by atoms with E-state index < -0.39 is 0 Å². The molecule has 0 aliphatic heterocycles. The lowest BCUT2D eigenvalue weighted by atomic mass is 10.1. The Bertz CT molecular complexity index is 921. The lowest BCUT2D eigenvalue weighted by molar-refractivity contribution is 0.0945. The number of nitrogens with two attached hydrogens (primary N) is 1. The van der Waals surface area contributed by atoms with Gasteiger partial charge in [0.15, 0.2) is 5.78 Å². The highest BCUT2D eigenvalue weighted by Gasteiger charge is 2.08. The normalized spacial score (nSPS) is 10.4. The van der Waals surface area contributed by atoms with Gasteiger partial charge < -0.3 is 16.4 Å². The fourth-order valence-electron chi connectivity index (χ4n) is 3.20. The Labute approximate surface area is 189 Å². The second kappa shape index (κ2) is 13.0. The number of nitrogens with one attached hydrogen (secondary N) is 3. The number of carbonyl (C=O) groups is 3. The number of carbonyl (C=O) groups excluding carboxylic acids is 3. The van der Waals surface area contributed by atoms with Crippen molar-refractivity contribution < 1.29 is 14.4 Å². The number of Topliss-reactive ketones (excluding diaryl/α,β-unsaturated/α-hetero) is 1. The lowest BCUT2D eigenvalue weighted by Gasteiger charge is -2.07. The van der Waals surface area contributed by atoms with Crippen molar-refractivity contribution in [1.82, 2.24) is 10.6 Å². The first kappa shape index (κ1) is 24.8. The van der Waals surface area contributed by atoms with E-state index >= 15 is 0 Å². The quantitative estimate of drug-likeness (QED) is 0.165. The number of amides is 2. The summed E-state index contributed by atoms with van der Waals surface area (Å²) >= 11 is 0. The number of hydrogen-bond acceptors (Lipinski definition) is 4. The zero-order valence-corrected chi connectivity index (χ0v) is 18.6. The molecule has 0 spiro atoms. The molecule has 0 aliphatic rings. The fraction of sp³-hybridized carbons (Fsp3) is 0.360. The van der Waals surface area contributed by atoms with Crippen LogP contribution in [0.3, 0.4) is 0 Å². The number of ketones is 1. The Hall–Kier alpha value is -3.48. The molecule has 2 rings (SSSR count). The maximum Gasteiger partial charge on any atom is 0.251 e. The third kappa shape index (κ3) is 7.98.